The van der Waals surface area contributed by atoms with Gasteiger partial charge in [-0.25, -0.2) is 5.43 Å². The van der Waals surface area contributed by atoms with Gasteiger partial charge in [0.2, 0.25) is 0 Å². The zero-order valence-electron chi connectivity index (χ0n) is 20.0. The number of fused-ring (bicyclic) bond motifs is 1. The van der Waals surface area contributed by atoms with Crippen LogP contribution in [0.1, 0.15) is 35.5 Å². The van der Waals surface area contributed by atoms with Crippen molar-refractivity contribution in [3.8, 4) is 17.2 Å². The Morgan fingerprint density at radius 3 is 2.54 bits per heavy atom. The Kier molecular flexibility index (Phi) is 8.97. The molecule has 0 aliphatic carbocycles. The van der Waals surface area contributed by atoms with Crippen LogP contribution in [0.5, 0.6) is 17.2 Å². The van der Waals surface area contributed by atoms with Crippen molar-refractivity contribution < 1.29 is 23.4 Å². The third-order valence-corrected chi connectivity index (χ3v) is 6.43. The minimum Gasteiger partial charge on any atom is -0.494 e. The molecule has 1 aromatic heterocycles. The van der Waals surface area contributed by atoms with Crippen LogP contribution >= 0.6 is 39.1 Å². The average Bonchev–Trinajstić information content (AvgIpc) is 3.29. The molecule has 0 saturated carbocycles. The molecule has 4 aromatic rings. The van der Waals surface area contributed by atoms with Crippen LogP contribution in [0, 0.1) is 0 Å². The molecule has 0 aliphatic heterocycles. The van der Waals surface area contributed by atoms with Crippen LogP contribution in [-0.4, -0.2) is 25.3 Å². The van der Waals surface area contributed by atoms with Gasteiger partial charge in [0, 0.05) is 31.0 Å². The van der Waals surface area contributed by atoms with E-state index in [0.717, 1.165) is 10.9 Å². The lowest BCUT2D eigenvalue weighted by atomic mass is 10.2. The molecule has 0 saturated heterocycles. The van der Waals surface area contributed by atoms with Gasteiger partial charge in [-0.3, -0.25) is 4.79 Å². The minimum atomic E-state index is -0.480. The third kappa shape index (κ3) is 6.77. The molecule has 0 radical (unpaired) electrons. The number of carbonyl (C=O) groups is 1. The summed E-state index contributed by atoms with van der Waals surface area (Å²) in [5.41, 5.74) is 4.53. The number of ether oxygens (including phenoxy) is 3. The summed E-state index contributed by atoms with van der Waals surface area (Å²) in [7, 11) is 0. The molecule has 3 aromatic carbocycles. The first-order valence-electron chi connectivity index (χ1n) is 11.4. The highest BCUT2D eigenvalue weighted by Gasteiger charge is 2.14. The Morgan fingerprint density at radius 2 is 1.78 bits per heavy atom. The fraction of sp³-hybridized carbons (Fsp3) is 0.185. The van der Waals surface area contributed by atoms with Gasteiger partial charge in [-0.1, -0.05) is 29.3 Å². The lowest BCUT2D eigenvalue weighted by Gasteiger charge is -2.14. The molecule has 10 heteroatoms. The Labute approximate surface area is 232 Å². The van der Waals surface area contributed by atoms with E-state index in [9.17, 15) is 4.79 Å². The summed E-state index contributed by atoms with van der Waals surface area (Å²) < 4.78 is 23.5. The number of amides is 1. The van der Waals surface area contributed by atoms with E-state index in [4.69, 9.17) is 41.8 Å². The first kappa shape index (κ1) is 26.9. The molecular formula is C27H23BrCl2N2O5. The van der Waals surface area contributed by atoms with E-state index in [-0.39, 0.29) is 12.4 Å². The molecule has 7 nitrogen and oxygen atoms in total. The zero-order chi connectivity index (χ0) is 26.4. The minimum absolute atomic E-state index is 0.138. The summed E-state index contributed by atoms with van der Waals surface area (Å²) in [5.74, 6) is 1.41. The fourth-order valence-corrected chi connectivity index (χ4v) is 4.32. The van der Waals surface area contributed by atoms with Gasteiger partial charge in [-0.15, -0.1) is 0 Å². The van der Waals surface area contributed by atoms with Gasteiger partial charge < -0.3 is 18.6 Å². The van der Waals surface area contributed by atoms with Crippen molar-refractivity contribution in [2.45, 2.75) is 20.5 Å². The van der Waals surface area contributed by atoms with Crippen LogP contribution in [0.2, 0.25) is 10.0 Å². The van der Waals surface area contributed by atoms with Crippen molar-refractivity contribution in [1.29, 1.82) is 0 Å². The molecule has 37 heavy (non-hydrogen) atoms. The molecule has 0 aliphatic rings. The van der Waals surface area contributed by atoms with Gasteiger partial charge in [0.15, 0.2) is 17.3 Å². The summed E-state index contributed by atoms with van der Waals surface area (Å²) in [6, 6.07) is 15.8. The quantitative estimate of drug-likeness (QED) is 0.148. The highest BCUT2D eigenvalue weighted by Crippen LogP contribution is 2.34. The van der Waals surface area contributed by atoms with Crippen molar-refractivity contribution >= 4 is 62.2 Å². The third-order valence-electron chi connectivity index (χ3n) is 5.15. The predicted octanol–water partition coefficient (Wildman–Crippen LogP) is 7.64. The number of carbonyl (C=O) groups excluding carboxylic acids is 1. The van der Waals surface area contributed by atoms with E-state index in [1.807, 2.05) is 26.0 Å². The Morgan fingerprint density at radius 1 is 1.00 bits per heavy atom. The normalized spacial score (nSPS) is 11.2. The molecule has 0 spiro atoms. The van der Waals surface area contributed by atoms with Gasteiger partial charge in [-0.05, 0) is 78.3 Å². The van der Waals surface area contributed by atoms with Crippen molar-refractivity contribution in [2.24, 2.45) is 5.10 Å². The maximum Gasteiger partial charge on any atom is 0.307 e. The first-order valence-corrected chi connectivity index (χ1v) is 13.0. The maximum absolute atomic E-state index is 12.6. The molecule has 4 rings (SSSR count). The lowest BCUT2D eigenvalue weighted by molar-refractivity contribution is 0.0929. The Bertz CT molecular complexity index is 1450. The fourth-order valence-electron chi connectivity index (χ4n) is 3.43. The highest BCUT2D eigenvalue weighted by molar-refractivity contribution is 9.10. The predicted molar refractivity (Wildman–Crippen MR) is 149 cm³/mol. The zero-order valence-corrected chi connectivity index (χ0v) is 23.1. The second-order valence-electron chi connectivity index (χ2n) is 7.72. The summed E-state index contributed by atoms with van der Waals surface area (Å²) >= 11 is 15.7. The number of hydrazone groups is 1. The number of benzene rings is 3. The number of hydrogen-bond acceptors (Lipinski definition) is 6. The standard InChI is InChI=1S/C27H23BrCl2N2O5/c1-3-34-20-7-8-23-17(9-20)10-26(37-23)27(33)32-31-14-18-11-24(35-4-2)25(13-21(18)28)36-15-16-5-6-19(29)12-22(16)30/h5-14H,3-4,15H2,1-2H3,(H,32,33)/b31-14+. The van der Waals surface area contributed by atoms with Crippen LogP contribution in [0.3, 0.4) is 0 Å². The van der Waals surface area contributed by atoms with E-state index in [1.165, 1.54) is 6.21 Å². The average molecular weight is 606 g/mol. The van der Waals surface area contributed by atoms with Gasteiger partial charge in [0.1, 0.15) is 17.9 Å². The smallest absolute Gasteiger partial charge is 0.307 e. The molecule has 192 valence electrons. The molecule has 0 unspecified atom stereocenters. The van der Waals surface area contributed by atoms with E-state index < -0.39 is 5.91 Å². The molecule has 1 amide bonds. The van der Waals surface area contributed by atoms with Crippen LogP contribution in [0.15, 0.2) is 68.6 Å². The molecular weight excluding hydrogens is 583 g/mol. The number of nitrogens with one attached hydrogen (secondary N) is 1. The van der Waals surface area contributed by atoms with Crippen LogP contribution in [-0.2, 0) is 6.61 Å². The van der Waals surface area contributed by atoms with Crippen molar-refractivity contribution in [1.82, 2.24) is 5.43 Å². The van der Waals surface area contributed by atoms with Crippen LogP contribution in [0.4, 0.5) is 0 Å². The van der Waals surface area contributed by atoms with Crippen LogP contribution < -0.4 is 19.6 Å². The van der Waals surface area contributed by atoms with Gasteiger partial charge in [-0.2, -0.15) is 5.10 Å². The summed E-state index contributed by atoms with van der Waals surface area (Å²) in [6.07, 6.45) is 1.50. The number of halogens is 3. The van der Waals surface area contributed by atoms with E-state index >= 15 is 0 Å². The topological polar surface area (TPSA) is 82.3 Å². The van der Waals surface area contributed by atoms with Crippen molar-refractivity contribution in [3.05, 3.63) is 86.0 Å². The van der Waals surface area contributed by atoms with Gasteiger partial charge >= 0.3 is 5.91 Å². The largest absolute Gasteiger partial charge is 0.494 e. The second-order valence-corrected chi connectivity index (χ2v) is 9.42. The Hall–Kier alpha value is -3.20. The number of rotatable bonds is 10. The SMILES string of the molecule is CCOc1ccc2oc(C(=O)N/N=C/c3cc(OCC)c(OCc4ccc(Cl)cc4Cl)cc3Br)cc2c1. The molecule has 1 heterocycles. The molecule has 1 N–H and O–H groups in total. The van der Waals surface area contributed by atoms with Crippen molar-refractivity contribution in [3.63, 3.8) is 0 Å². The highest BCUT2D eigenvalue weighted by atomic mass is 79.9. The molecule has 0 bridgehead atoms. The van der Waals surface area contributed by atoms with Gasteiger partial charge in [0.05, 0.1) is 19.4 Å². The van der Waals surface area contributed by atoms with Gasteiger partial charge in [0.25, 0.3) is 0 Å². The lowest BCUT2D eigenvalue weighted by Crippen LogP contribution is -2.16. The second kappa shape index (κ2) is 12.4. The summed E-state index contributed by atoms with van der Waals surface area (Å²) in [6.45, 7) is 5.00. The number of furan rings is 1. The maximum atomic E-state index is 12.6. The monoisotopic (exact) mass is 604 g/mol. The van der Waals surface area contributed by atoms with E-state index in [2.05, 4.69) is 26.5 Å². The molecule has 0 fully saturated rings. The number of nitrogens with zero attached hydrogens (tertiary/aromatic N) is 1. The summed E-state index contributed by atoms with van der Waals surface area (Å²) in [4.78, 5) is 12.6. The first-order chi connectivity index (χ1) is 17.9. The van der Waals surface area contributed by atoms with E-state index in [0.29, 0.717) is 56.1 Å². The summed E-state index contributed by atoms with van der Waals surface area (Å²) in [5, 5.41) is 5.91. The van der Waals surface area contributed by atoms with Crippen molar-refractivity contribution in [2.75, 3.05) is 13.2 Å². The number of hydrogen-bond donors (Lipinski definition) is 1. The van der Waals surface area contributed by atoms with E-state index in [1.54, 1.807) is 42.5 Å². The Balaban J connectivity index is 1.46. The molecule has 0 atom stereocenters. The van der Waals surface area contributed by atoms with Crippen LogP contribution in [0.25, 0.3) is 11.0 Å².